The average molecular weight is 339 g/mol. The Morgan fingerprint density at radius 2 is 1.62 bits per heavy atom. The summed E-state index contributed by atoms with van der Waals surface area (Å²) in [6, 6.07) is -0.235. The predicted molar refractivity (Wildman–Crippen MR) is 86.4 cm³/mol. The lowest BCUT2D eigenvalue weighted by molar-refractivity contribution is -0.196. The van der Waals surface area contributed by atoms with Gasteiger partial charge in [0.05, 0.1) is 0 Å². The first-order chi connectivity index (χ1) is 11.2. The van der Waals surface area contributed by atoms with Crippen LogP contribution in [0.5, 0.6) is 0 Å². The van der Waals surface area contributed by atoms with Crippen LogP contribution >= 0.6 is 0 Å². The molecule has 1 aliphatic heterocycles. The molecule has 0 spiro atoms. The summed E-state index contributed by atoms with van der Waals surface area (Å²) in [4.78, 5) is 50.1. The van der Waals surface area contributed by atoms with E-state index < -0.39 is 17.8 Å². The minimum Gasteiger partial charge on any atom is -0.338 e. The largest absolute Gasteiger partial charge is 0.338 e. The van der Waals surface area contributed by atoms with E-state index in [1.165, 1.54) is 0 Å². The van der Waals surface area contributed by atoms with E-state index in [-0.39, 0.29) is 17.9 Å². The molecule has 0 saturated carbocycles. The molecule has 8 nitrogen and oxygen atoms in total. The summed E-state index contributed by atoms with van der Waals surface area (Å²) >= 11 is 0. The Morgan fingerprint density at radius 3 is 2.21 bits per heavy atom. The number of hydroxylamine groups is 2. The summed E-state index contributed by atoms with van der Waals surface area (Å²) in [5, 5.41) is 5.90. The molecule has 0 unspecified atom stereocenters. The smallest absolute Gasteiger partial charge is 0.333 e. The molecule has 0 fully saturated rings. The van der Waals surface area contributed by atoms with Crippen LogP contribution in [-0.4, -0.2) is 42.0 Å². The van der Waals surface area contributed by atoms with Crippen LogP contribution in [0.25, 0.3) is 0 Å². The third-order valence-electron chi connectivity index (χ3n) is 3.22. The van der Waals surface area contributed by atoms with Crippen molar-refractivity contribution in [1.82, 2.24) is 15.7 Å². The van der Waals surface area contributed by atoms with Gasteiger partial charge in [0, 0.05) is 31.7 Å². The number of carbonyl (C=O) groups excluding carboxylic acids is 4. The Bertz CT molecular complexity index is 504. The van der Waals surface area contributed by atoms with E-state index >= 15 is 0 Å². The molecule has 1 heterocycles. The highest BCUT2D eigenvalue weighted by atomic mass is 16.7. The van der Waals surface area contributed by atoms with E-state index in [0.717, 1.165) is 18.6 Å². The zero-order valence-electron chi connectivity index (χ0n) is 14.4. The summed E-state index contributed by atoms with van der Waals surface area (Å²) < 4.78 is 0. The first-order valence-electron chi connectivity index (χ1n) is 7.98. The highest BCUT2D eigenvalue weighted by Gasteiger charge is 2.27. The number of rotatable bonds is 8. The topological polar surface area (TPSA) is 105 Å². The van der Waals surface area contributed by atoms with Crippen LogP contribution in [0.1, 0.15) is 46.5 Å². The van der Waals surface area contributed by atoms with Crippen molar-refractivity contribution < 1.29 is 24.0 Å². The zero-order valence-corrected chi connectivity index (χ0v) is 14.4. The fraction of sp³-hybridized carbons (Fsp3) is 0.625. The third-order valence-corrected chi connectivity index (χ3v) is 3.22. The maximum Gasteiger partial charge on any atom is 0.333 e. The molecular weight excluding hydrogens is 314 g/mol. The number of urea groups is 1. The van der Waals surface area contributed by atoms with Crippen LogP contribution in [0.4, 0.5) is 4.79 Å². The van der Waals surface area contributed by atoms with E-state index in [2.05, 4.69) is 36.2 Å². The molecule has 24 heavy (non-hydrogen) atoms. The first kappa shape index (κ1) is 19.7. The summed E-state index contributed by atoms with van der Waals surface area (Å²) in [5.41, 5.74) is 0.168. The fourth-order valence-corrected chi connectivity index (χ4v) is 1.83. The lowest BCUT2D eigenvalue weighted by Crippen LogP contribution is -2.37. The molecule has 0 aromatic carbocycles. The van der Waals surface area contributed by atoms with Crippen LogP contribution in [0.2, 0.25) is 0 Å². The number of amides is 4. The second-order valence-corrected chi connectivity index (χ2v) is 6.72. The summed E-state index contributed by atoms with van der Waals surface area (Å²) in [6.45, 7) is 7.34. The number of unbranched alkanes of at least 4 members (excludes halogenated alkanes) is 1. The van der Waals surface area contributed by atoms with Crippen molar-refractivity contribution in [3.63, 3.8) is 0 Å². The third kappa shape index (κ3) is 7.75. The van der Waals surface area contributed by atoms with Crippen molar-refractivity contribution in [3.05, 3.63) is 12.2 Å². The Labute approximate surface area is 141 Å². The highest BCUT2D eigenvalue weighted by Crippen LogP contribution is 2.16. The van der Waals surface area contributed by atoms with Gasteiger partial charge in [0.15, 0.2) is 0 Å². The number of hydrogen-bond donors (Lipinski definition) is 2. The van der Waals surface area contributed by atoms with Crippen LogP contribution in [0.3, 0.4) is 0 Å². The average Bonchev–Trinajstić information content (AvgIpc) is 2.77. The molecule has 4 amide bonds. The van der Waals surface area contributed by atoms with Crippen molar-refractivity contribution >= 4 is 23.8 Å². The summed E-state index contributed by atoms with van der Waals surface area (Å²) in [5.74, 6) is -1.99. The molecule has 0 radical (unpaired) electrons. The molecule has 134 valence electrons. The minimum atomic E-state index is -0.665. The molecule has 0 bridgehead atoms. The van der Waals surface area contributed by atoms with Crippen LogP contribution in [0.15, 0.2) is 12.2 Å². The number of imide groups is 1. The molecule has 0 atom stereocenters. The van der Waals surface area contributed by atoms with Crippen molar-refractivity contribution in [3.8, 4) is 0 Å². The lowest BCUT2D eigenvalue weighted by atomic mass is 9.92. The Hall–Kier alpha value is -2.38. The molecule has 0 aromatic rings. The zero-order chi connectivity index (χ0) is 18.2. The second kappa shape index (κ2) is 9.05. The van der Waals surface area contributed by atoms with Gasteiger partial charge >= 0.3 is 12.0 Å². The Balaban J connectivity index is 2.05. The predicted octanol–water partition coefficient (Wildman–Crippen LogP) is 1.28. The molecule has 1 rings (SSSR count). The maximum absolute atomic E-state index is 11.5. The van der Waals surface area contributed by atoms with Gasteiger partial charge in [-0.1, -0.05) is 25.8 Å². The summed E-state index contributed by atoms with van der Waals surface area (Å²) in [6.07, 6.45) is 4.09. The molecule has 8 heteroatoms. The van der Waals surface area contributed by atoms with Gasteiger partial charge in [0.2, 0.25) is 0 Å². The van der Waals surface area contributed by atoms with Crippen LogP contribution < -0.4 is 10.6 Å². The van der Waals surface area contributed by atoms with Gasteiger partial charge in [-0.2, -0.15) is 0 Å². The van der Waals surface area contributed by atoms with Gasteiger partial charge in [-0.15, -0.1) is 0 Å². The van der Waals surface area contributed by atoms with E-state index in [4.69, 9.17) is 0 Å². The normalized spacial score (nSPS) is 14.0. The number of carbonyl (C=O) groups is 4. The fourth-order valence-electron chi connectivity index (χ4n) is 1.83. The van der Waals surface area contributed by atoms with Gasteiger partial charge in [0.25, 0.3) is 11.8 Å². The molecule has 0 aromatic heterocycles. The van der Waals surface area contributed by atoms with E-state index in [9.17, 15) is 19.2 Å². The molecular formula is C16H25N3O5. The van der Waals surface area contributed by atoms with E-state index in [1.807, 2.05) is 0 Å². The standard InChI is InChI=1S/C16H25N3O5/c1-16(2,3)9-11-18-15(23)17-10-5-4-6-14(22)24-19-12(20)7-8-13(19)21/h7-8H,4-6,9-11H2,1-3H3,(H2,17,18,23). The number of nitrogens with zero attached hydrogens (tertiary/aromatic N) is 1. The molecule has 1 aliphatic rings. The van der Waals surface area contributed by atoms with Crippen LogP contribution in [-0.2, 0) is 19.2 Å². The monoisotopic (exact) mass is 339 g/mol. The van der Waals surface area contributed by atoms with Gasteiger partial charge in [-0.05, 0) is 24.7 Å². The molecule has 2 N–H and O–H groups in total. The number of hydrogen-bond acceptors (Lipinski definition) is 5. The van der Waals surface area contributed by atoms with Crippen molar-refractivity contribution in [2.45, 2.75) is 46.5 Å². The first-order valence-corrected chi connectivity index (χ1v) is 7.98. The van der Waals surface area contributed by atoms with Gasteiger partial charge in [-0.25, -0.2) is 9.59 Å². The summed E-state index contributed by atoms with van der Waals surface area (Å²) in [7, 11) is 0. The lowest BCUT2D eigenvalue weighted by Gasteiger charge is -2.18. The Kier molecular flexibility index (Phi) is 7.41. The quantitative estimate of drug-likeness (QED) is 0.512. The van der Waals surface area contributed by atoms with E-state index in [1.54, 1.807) is 0 Å². The molecule has 0 aliphatic carbocycles. The van der Waals surface area contributed by atoms with E-state index in [0.29, 0.717) is 31.0 Å². The van der Waals surface area contributed by atoms with Gasteiger partial charge in [-0.3, -0.25) is 9.59 Å². The van der Waals surface area contributed by atoms with Crippen molar-refractivity contribution in [2.24, 2.45) is 5.41 Å². The highest BCUT2D eigenvalue weighted by molar-refractivity contribution is 6.12. The van der Waals surface area contributed by atoms with Gasteiger partial charge < -0.3 is 15.5 Å². The maximum atomic E-state index is 11.5. The molecule has 0 saturated heterocycles. The van der Waals surface area contributed by atoms with Gasteiger partial charge in [0.1, 0.15) is 0 Å². The number of nitrogens with one attached hydrogen (secondary N) is 2. The van der Waals surface area contributed by atoms with Crippen molar-refractivity contribution in [1.29, 1.82) is 0 Å². The van der Waals surface area contributed by atoms with Crippen molar-refractivity contribution in [2.75, 3.05) is 13.1 Å². The SMILES string of the molecule is CC(C)(C)CCNC(=O)NCCCCC(=O)ON1C(=O)C=CC1=O. The van der Waals surface area contributed by atoms with Crippen LogP contribution in [0, 0.1) is 5.41 Å². The second-order valence-electron chi connectivity index (χ2n) is 6.72. The minimum absolute atomic E-state index is 0.0599. The Morgan fingerprint density at radius 1 is 1.04 bits per heavy atom.